The molecule has 0 radical (unpaired) electrons. The van der Waals surface area contributed by atoms with Crippen LogP contribution in [-0.4, -0.2) is 16.8 Å². The maximum atomic E-state index is 12.5. The molecule has 0 unspecified atom stereocenters. The standard InChI is InChI=1S/C22H25N3O2/c1-4-6-21(26)25-18-8-5-7-16(11-18)13-23-22(27)17-9-10-20-19(12-17)14(2)15(3)24-20/h5,7-12,24H,4,6,13H2,1-3H3,(H,23,27)(H,25,26). The molecule has 0 aliphatic heterocycles. The van der Waals surface area contributed by atoms with E-state index in [0.717, 1.165) is 39.8 Å². The number of H-pyrrole nitrogens is 1. The van der Waals surface area contributed by atoms with Crippen molar-refractivity contribution in [2.75, 3.05) is 5.32 Å². The van der Waals surface area contributed by atoms with Crippen LogP contribution in [0, 0.1) is 13.8 Å². The third kappa shape index (κ3) is 4.37. The van der Waals surface area contributed by atoms with Gasteiger partial charge in [-0.25, -0.2) is 0 Å². The van der Waals surface area contributed by atoms with E-state index in [0.29, 0.717) is 18.5 Å². The summed E-state index contributed by atoms with van der Waals surface area (Å²) in [6, 6.07) is 13.2. The number of nitrogens with one attached hydrogen (secondary N) is 3. The number of benzene rings is 2. The number of carbonyl (C=O) groups is 2. The van der Waals surface area contributed by atoms with Gasteiger partial charge in [0.05, 0.1) is 0 Å². The lowest BCUT2D eigenvalue weighted by Crippen LogP contribution is -2.22. The average molecular weight is 363 g/mol. The molecule has 140 valence electrons. The molecule has 3 N–H and O–H groups in total. The molecule has 0 saturated carbocycles. The summed E-state index contributed by atoms with van der Waals surface area (Å²) in [6.07, 6.45) is 1.31. The van der Waals surface area contributed by atoms with Gasteiger partial charge in [-0.15, -0.1) is 0 Å². The lowest BCUT2D eigenvalue weighted by Gasteiger charge is -2.09. The Kier molecular flexibility index (Phi) is 5.60. The molecule has 0 atom stereocenters. The number of anilines is 1. The normalized spacial score (nSPS) is 10.8. The van der Waals surface area contributed by atoms with Gasteiger partial charge in [-0.3, -0.25) is 9.59 Å². The molecule has 3 rings (SSSR count). The maximum Gasteiger partial charge on any atom is 0.251 e. The van der Waals surface area contributed by atoms with Crippen LogP contribution >= 0.6 is 0 Å². The Morgan fingerprint density at radius 3 is 2.67 bits per heavy atom. The number of aromatic nitrogens is 1. The smallest absolute Gasteiger partial charge is 0.251 e. The zero-order valence-electron chi connectivity index (χ0n) is 16.0. The van der Waals surface area contributed by atoms with Crippen molar-refractivity contribution < 1.29 is 9.59 Å². The second-order valence-corrected chi connectivity index (χ2v) is 6.82. The van der Waals surface area contributed by atoms with Gasteiger partial charge in [0.25, 0.3) is 5.91 Å². The van der Waals surface area contributed by atoms with Crippen LogP contribution in [0.1, 0.15) is 46.9 Å². The molecule has 0 fully saturated rings. The summed E-state index contributed by atoms with van der Waals surface area (Å²) in [7, 11) is 0. The number of fused-ring (bicyclic) bond motifs is 1. The zero-order valence-corrected chi connectivity index (χ0v) is 16.0. The van der Waals surface area contributed by atoms with Gasteiger partial charge in [-0.05, 0) is 61.7 Å². The van der Waals surface area contributed by atoms with E-state index >= 15 is 0 Å². The summed E-state index contributed by atoms with van der Waals surface area (Å²) in [5, 5.41) is 6.90. The number of aromatic amines is 1. The monoisotopic (exact) mass is 363 g/mol. The predicted molar refractivity (Wildman–Crippen MR) is 109 cm³/mol. The van der Waals surface area contributed by atoms with E-state index in [1.165, 1.54) is 0 Å². The fraction of sp³-hybridized carbons (Fsp3) is 0.273. The van der Waals surface area contributed by atoms with Crippen LogP contribution in [0.25, 0.3) is 10.9 Å². The van der Waals surface area contributed by atoms with E-state index in [4.69, 9.17) is 0 Å². The molecule has 2 aromatic carbocycles. The average Bonchev–Trinajstić information content (AvgIpc) is 2.94. The highest BCUT2D eigenvalue weighted by Gasteiger charge is 2.10. The van der Waals surface area contributed by atoms with Gasteiger partial charge in [0.1, 0.15) is 0 Å². The molecule has 0 aliphatic carbocycles. The Morgan fingerprint density at radius 1 is 1.07 bits per heavy atom. The van der Waals surface area contributed by atoms with Crippen molar-refractivity contribution in [1.82, 2.24) is 10.3 Å². The van der Waals surface area contributed by atoms with Crippen molar-refractivity contribution in [1.29, 1.82) is 0 Å². The highest BCUT2D eigenvalue weighted by molar-refractivity contribution is 5.99. The number of amides is 2. The van der Waals surface area contributed by atoms with Gasteiger partial charge >= 0.3 is 0 Å². The number of hydrogen-bond acceptors (Lipinski definition) is 2. The summed E-state index contributed by atoms with van der Waals surface area (Å²) < 4.78 is 0. The molecular formula is C22H25N3O2. The van der Waals surface area contributed by atoms with E-state index in [-0.39, 0.29) is 11.8 Å². The van der Waals surface area contributed by atoms with Gasteiger partial charge in [0.2, 0.25) is 5.91 Å². The van der Waals surface area contributed by atoms with Crippen LogP contribution < -0.4 is 10.6 Å². The predicted octanol–water partition coefficient (Wildman–Crippen LogP) is 4.45. The fourth-order valence-corrected chi connectivity index (χ4v) is 3.10. The van der Waals surface area contributed by atoms with Crippen LogP contribution in [0.5, 0.6) is 0 Å². The molecule has 3 aromatic rings. The van der Waals surface area contributed by atoms with Crippen LogP contribution in [0.15, 0.2) is 42.5 Å². The summed E-state index contributed by atoms with van der Waals surface area (Å²) in [5.41, 5.74) is 5.64. The van der Waals surface area contributed by atoms with Gasteiger partial charge < -0.3 is 15.6 Å². The van der Waals surface area contributed by atoms with Crippen molar-refractivity contribution in [2.24, 2.45) is 0 Å². The second-order valence-electron chi connectivity index (χ2n) is 6.82. The fourth-order valence-electron chi connectivity index (χ4n) is 3.10. The SMILES string of the molecule is CCCC(=O)Nc1cccc(CNC(=O)c2ccc3[nH]c(C)c(C)c3c2)c1. The quantitative estimate of drug-likeness (QED) is 0.605. The molecule has 1 heterocycles. The lowest BCUT2D eigenvalue weighted by atomic mass is 10.1. The van der Waals surface area contributed by atoms with Crippen LogP contribution in [0.3, 0.4) is 0 Å². The largest absolute Gasteiger partial charge is 0.358 e. The van der Waals surface area contributed by atoms with E-state index in [2.05, 4.69) is 15.6 Å². The minimum atomic E-state index is -0.115. The molecule has 0 bridgehead atoms. The summed E-state index contributed by atoms with van der Waals surface area (Å²) in [6.45, 7) is 6.45. The first-order valence-electron chi connectivity index (χ1n) is 9.24. The lowest BCUT2D eigenvalue weighted by molar-refractivity contribution is -0.116. The van der Waals surface area contributed by atoms with E-state index in [9.17, 15) is 9.59 Å². The molecular weight excluding hydrogens is 338 g/mol. The van der Waals surface area contributed by atoms with Crippen molar-refractivity contribution >= 4 is 28.4 Å². The van der Waals surface area contributed by atoms with E-state index in [1.54, 1.807) is 0 Å². The topological polar surface area (TPSA) is 74.0 Å². The highest BCUT2D eigenvalue weighted by Crippen LogP contribution is 2.22. The van der Waals surface area contributed by atoms with Crippen LogP contribution in [-0.2, 0) is 11.3 Å². The van der Waals surface area contributed by atoms with Crippen molar-refractivity contribution in [3.63, 3.8) is 0 Å². The first-order chi connectivity index (χ1) is 13.0. The van der Waals surface area contributed by atoms with Crippen molar-refractivity contribution in [3.05, 3.63) is 64.8 Å². The Balaban J connectivity index is 1.67. The molecule has 2 amide bonds. The minimum absolute atomic E-state index is 0.00385. The number of carbonyl (C=O) groups excluding carboxylic acids is 2. The molecule has 5 nitrogen and oxygen atoms in total. The Morgan fingerprint density at radius 2 is 1.89 bits per heavy atom. The summed E-state index contributed by atoms with van der Waals surface area (Å²) in [4.78, 5) is 27.6. The van der Waals surface area contributed by atoms with Crippen LogP contribution in [0.2, 0.25) is 0 Å². The van der Waals surface area contributed by atoms with Gasteiger partial charge in [-0.1, -0.05) is 19.1 Å². The minimum Gasteiger partial charge on any atom is -0.358 e. The third-order valence-corrected chi connectivity index (χ3v) is 4.71. The molecule has 27 heavy (non-hydrogen) atoms. The van der Waals surface area contributed by atoms with Crippen molar-refractivity contribution in [3.8, 4) is 0 Å². The van der Waals surface area contributed by atoms with Crippen molar-refractivity contribution in [2.45, 2.75) is 40.2 Å². The molecule has 0 spiro atoms. The molecule has 5 heteroatoms. The summed E-state index contributed by atoms with van der Waals surface area (Å²) >= 11 is 0. The summed E-state index contributed by atoms with van der Waals surface area (Å²) in [5.74, 6) is -0.111. The first-order valence-corrected chi connectivity index (χ1v) is 9.24. The number of aryl methyl sites for hydroxylation is 2. The Labute approximate surface area is 159 Å². The first kappa shape index (κ1) is 18.7. The van der Waals surface area contributed by atoms with Crippen LogP contribution in [0.4, 0.5) is 5.69 Å². The third-order valence-electron chi connectivity index (χ3n) is 4.71. The van der Waals surface area contributed by atoms with Gasteiger partial charge in [-0.2, -0.15) is 0 Å². The zero-order chi connectivity index (χ0) is 19.4. The molecule has 0 aliphatic rings. The number of hydrogen-bond donors (Lipinski definition) is 3. The number of rotatable bonds is 6. The Bertz CT molecular complexity index is 988. The second kappa shape index (κ2) is 8.08. The maximum absolute atomic E-state index is 12.5. The Hall–Kier alpha value is -3.08. The molecule has 1 aromatic heterocycles. The van der Waals surface area contributed by atoms with Gasteiger partial charge in [0.15, 0.2) is 0 Å². The van der Waals surface area contributed by atoms with Gasteiger partial charge in [0, 0.05) is 40.8 Å². The van der Waals surface area contributed by atoms with E-state index in [1.807, 2.05) is 63.2 Å². The molecule has 0 saturated heterocycles. The van der Waals surface area contributed by atoms with E-state index < -0.39 is 0 Å². The highest BCUT2D eigenvalue weighted by atomic mass is 16.2.